The van der Waals surface area contributed by atoms with Gasteiger partial charge in [0.05, 0.1) is 17.7 Å². The predicted octanol–water partition coefficient (Wildman–Crippen LogP) is 3.05. The van der Waals surface area contributed by atoms with Crippen LogP contribution in [0.3, 0.4) is 0 Å². The van der Waals surface area contributed by atoms with E-state index in [0.717, 1.165) is 6.29 Å². The number of ketones is 1. The third-order valence-corrected chi connectivity index (χ3v) is 10.7. The molecule has 0 spiro atoms. The molecule has 13 atom stereocenters. The predicted molar refractivity (Wildman–Crippen MR) is 167 cm³/mol. The Morgan fingerprint density at radius 2 is 1.76 bits per heavy atom. The van der Waals surface area contributed by atoms with Crippen molar-refractivity contribution in [2.45, 2.75) is 129 Å². The summed E-state index contributed by atoms with van der Waals surface area (Å²) in [6.07, 6.45) is -1.39. The monoisotopic (exact) mass is 639 g/mol. The molecule has 3 heterocycles. The minimum atomic E-state index is -1.15. The van der Waals surface area contributed by atoms with E-state index in [9.17, 15) is 19.2 Å². The van der Waals surface area contributed by atoms with Crippen LogP contribution in [0.2, 0.25) is 0 Å². The van der Waals surface area contributed by atoms with Crippen LogP contribution in [0.5, 0.6) is 0 Å². The maximum absolute atomic E-state index is 14.1. The van der Waals surface area contributed by atoms with Crippen molar-refractivity contribution in [3.8, 4) is 0 Å². The quantitative estimate of drug-likeness (QED) is 0.261. The second kappa shape index (κ2) is 14.8. The Hall–Kier alpha value is -2.12. The van der Waals surface area contributed by atoms with Crippen molar-refractivity contribution in [2.75, 3.05) is 34.8 Å². The first-order valence-electron chi connectivity index (χ1n) is 16.4. The topological polar surface area (TPSA) is 133 Å². The molecule has 0 aliphatic carbocycles. The van der Waals surface area contributed by atoms with Gasteiger partial charge < -0.3 is 43.6 Å². The highest BCUT2D eigenvalue weighted by molar-refractivity contribution is 6.00. The molecular formula is C33H57N3O9. The highest BCUT2D eigenvalue weighted by Gasteiger charge is 2.56. The number of aldehydes is 1. The standard InChI is InChI=1S/C33H57N3O9/c1-13-25-33(8)27(34-31(40)45-33)22(6)36(11)16-18(2)15-32(7,41-12)28(20(4)26(38)21(5)29(39)43-25)44-30-19(3)24(35(9)10)14-23(17-37)42-30/h17-25,27-28,30H,13-16H2,1-12H3,(H,34,40)/t18-,19?,20+,21?,22-,23?,24?,25-,27-,28-,30?,32-,33-/m1/s1. The molecule has 3 fully saturated rings. The first-order chi connectivity index (χ1) is 20.9. The van der Waals surface area contributed by atoms with Gasteiger partial charge in [0.15, 0.2) is 17.7 Å². The Balaban J connectivity index is 2.07. The number of ether oxygens (including phenoxy) is 5. The van der Waals surface area contributed by atoms with E-state index in [0.29, 0.717) is 25.8 Å². The van der Waals surface area contributed by atoms with Crippen LogP contribution in [-0.4, -0.2) is 123 Å². The summed E-state index contributed by atoms with van der Waals surface area (Å²) in [5.41, 5.74) is -2.12. The SMILES string of the molecule is CC[C@H]1OC(=O)C(C)C(=O)[C@H](C)[C@@H](OC2OC(C=O)CC(N(C)C)C2C)[C@](C)(OC)C[C@@H](C)CN(C)[C@H](C)[C@H]2NC(=O)O[C@@]21C. The van der Waals surface area contributed by atoms with Gasteiger partial charge in [-0.3, -0.25) is 9.59 Å². The lowest BCUT2D eigenvalue weighted by molar-refractivity contribution is -0.277. The second-order valence-electron chi connectivity index (χ2n) is 14.3. The molecule has 3 saturated heterocycles. The minimum Gasteiger partial charge on any atom is -0.458 e. The third-order valence-electron chi connectivity index (χ3n) is 10.7. The number of likely N-dealkylation sites (N-methyl/N-ethyl adjacent to an activating group) is 1. The van der Waals surface area contributed by atoms with Crippen LogP contribution in [0, 0.1) is 23.7 Å². The fourth-order valence-electron chi connectivity index (χ4n) is 7.77. The molecule has 1 amide bonds. The summed E-state index contributed by atoms with van der Waals surface area (Å²) in [7, 11) is 7.51. The van der Waals surface area contributed by atoms with E-state index in [4.69, 9.17) is 23.7 Å². The molecular weight excluding hydrogens is 582 g/mol. The average Bonchev–Trinajstić information content (AvgIpc) is 3.30. The number of carbonyl (C=O) groups excluding carboxylic acids is 4. The number of rotatable bonds is 6. The molecule has 1 N–H and O–H groups in total. The molecule has 45 heavy (non-hydrogen) atoms. The van der Waals surface area contributed by atoms with Crippen molar-refractivity contribution in [1.82, 2.24) is 15.1 Å². The van der Waals surface area contributed by atoms with Crippen molar-refractivity contribution in [2.24, 2.45) is 23.7 Å². The maximum Gasteiger partial charge on any atom is 0.408 e. The van der Waals surface area contributed by atoms with Gasteiger partial charge in [-0.1, -0.05) is 27.7 Å². The van der Waals surface area contributed by atoms with Crippen LogP contribution in [0.15, 0.2) is 0 Å². The molecule has 258 valence electrons. The first kappa shape index (κ1) is 37.3. The van der Waals surface area contributed by atoms with Crippen LogP contribution in [0.4, 0.5) is 4.79 Å². The van der Waals surface area contributed by atoms with E-state index in [-0.39, 0.29) is 29.7 Å². The summed E-state index contributed by atoms with van der Waals surface area (Å²) in [4.78, 5) is 56.4. The smallest absolute Gasteiger partial charge is 0.408 e. The summed E-state index contributed by atoms with van der Waals surface area (Å²) in [6.45, 7) is 15.6. The number of fused-ring (bicyclic) bond motifs is 1. The fraction of sp³-hybridized carbons (Fsp3) is 0.879. The number of Topliss-reactive ketones (excluding diaryl/α,β-unsaturated/α-hetero) is 1. The number of methoxy groups -OCH3 is 1. The number of nitrogens with one attached hydrogen (secondary N) is 1. The summed E-state index contributed by atoms with van der Waals surface area (Å²) < 4.78 is 30.9. The Labute approximate surface area is 269 Å². The summed E-state index contributed by atoms with van der Waals surface area (Å²) in [5.74, 6) is -3.05. The van der Waals surface area contributed by atoms with Crippen molar-refractivity contribution in [1.29, 1.82) is 0 Å². The zero-order chi connectivity index (χ0) is 34.0. The molecule has 0 bridgehead atoms. The summed E-state index contributed by atoms with van der Waals surface area (Å²) >= 11 is 0. The minimum absolute atomic E-state index is 0.0125. The van der Waals surface area contributed by atoms with E-state index in [1.165, 1.54) is 6.92 Å². The lowest BCUT2D eigenvalue weighted by Crippen LogP contribution is -2.60. The van der Waals surface area contributed by atoms with Gasteiger partial charge >= 0.3 is 12.1 Å². The lowest BCUT2D eigenvalue weighted by atomic mass is 9.78. The van der Waals surface area contributed by atoms with Crippen molar-refractivity contribution < 1.29 is 42.9 Å². The third kappa shape index (κ3) is 7.72. The highest BCUT2D eigenvalue weighted by Crippen LogP contribution is 2.39. The molecule has 0 aromatic heterocycles. The first-order valence-corrected chi connectivity index (χ1v) is 16.4. The van der Waals surface area contributed by atoms with Crippen LogP contribution < -0.4 is 5.32 Å². The van der Waals surface area contributed by atoms with E-state index >= 15 is 0 Å². The maximum atomic E-state index is 14.1. The number of cyclic esters (lactones) is 1. The number of alkyl carbamates (subject to hydrolysis) is 1. The molecule has 12 nitrogen and oxygen atoms in total. The normalized spacial score (nSPS) is 44.3. The van der Waals surface area contributed by atoms with E-state index in [1.807, 2.05) is 48.8 Å². The highest BCUT2D eigenvalue weighted by atomic mass is 16.7. The second-order valence-corrected chi connectivity index (χ2v) is 14.3. The van der Waals surface area contributed by atoms with Crippen LogP contribution >= 0.6 is 0 Å². The number of carbonyl (C=O) groups is 4. The molecule has 3 aliphatic heterocycles. The molecule has 0 aromatic rings. The lowest BCUT2D eigenvalue weighted by Gasteiger charge is -2.47. The van der Waals surface area contributed by atoms with Crippen molar-refractivity contribution in [3.63, 3.8) is 0 Å². The molecule has 0 saturated carbocycles. The molecule has 0 radical (unpaired) electrons. The van der Waals surface area contributed by atoms with Gasteiger partial charge in [-0.15, -0.1) is 0 Å². The fourth-order valence-corrected chi connectivity index (χ4v) is 7.77. The van der Waals surface area contributed by atoms with E-state index in [2.05, 4.69) is 22.0 Å². The number of hydrogen-bond donors (Lipinski definition) is 1. The van der Waals surface area contributed by atoms with Crippen LogP contribution in [-0.2, 0) is 38.1 Å². The van der Waals surface area contributed by atoms with Gasteiger partial charge in [0.2, 0.25) is 0 Å². The number of hydrogen-bond acceptors (Lipinski definition) is 11. The van der Waals surface area contributed by atoms with E-state index in [1.54, 1.807) is 21.0 Å². The van der Waals surface area contributed by atoms with Gasteiger partial charge in [0, 0.05) is 37.6 Å². The number of esters is 1. The van der Waals surface area contributed by atoms with E-state index < -0.39 is 65.7 Å². The Morgan fingerprint density at radius 1 is 1.11 bits per heavy atom. The van der Waals surface area contributed by atoms with Gasteiger partial charge in [-0.05, 0) is 74.0 Å². The Kier molecular flexibility index (Phi) is 12.2. The van der Waals surface area contributed by atoms with Crippen LogP contribution in [0.1, 0.15) is 74.7 Å². The summed E-state index contributed by atoms with van der Waals surface area (Å²) in [5, 5.41) is 2.95. The zero-order valence-electron chi connectivity index (χ0n) is 29.3. The van der Waals surface area contributed by atoms with Gasteiger partial charge in [-0.2, -0.15) is 0 Å². The molecule has 3 rings (SSSR count). The van der Waals surface area contributed by atoms with Gasteiger partial charge in [-0.25, -0.2) is 4.79 Å². The summed E-state index contributed by atoms with van der Waals surface area (Å²) in [6, 6.07) is -0.640. The van der Waals surface area contributed by atoms with Crippen molar-refractivity contribution >= 4 is 24.1 Å². The Bertz CT molecular complexity index is 1070. The van der Waals surface area contributed by atoms with Gasteiger partial charge in [0.25, 0.3) is 0 Å². The molecule has 5 unspecified atom stereocenters. The van der Waals surface area contributed by atoms with Crippen LogP contribution in [0.25, 0.3) is 0 Å². The number of amides is 1. The molecule has 3 aliphatic rings. The zero-order valence-corrected chi connectivity index (χ0v) is 29.3. The largest absolute Gasteiger partial charge is 0.458 e. The van der Waals surface area contributed by atoms with Gasteiger partial charge in [0.1, 0.15) is 24.4 Å². The number of nitrogens with zero attached hydrogens (tertiary/aromatic N) is 2. The Morgan fingerprint density at radius 3 is 2.31 bits per heavy atom. The van der Waals surface area contributed by atoms with Crippen molar-refractivity contribution in [3.05, 3.63) is 0 Å². The molecule has 12 heteroatoms. The molecule has 0 aromatic carbocycles. The average molecular weight is 640 g/mol.